The molecule has 4 rings (SSSR count). The van der Waals surface area contributed by atoms with Crippen molar-refractivity contribution in [1.29, 1.82) is 0 Å². The summed E-state index contributed by atoms with van der Waals surface area (Å²) >= 11 is 0. The van der Waals surface area contributed by atoms with Gasteiger partial charge in [-0.05, 0) is 31.5 Å². The number of fused-ring (bicyclic) bond motifs is 2. The van der Waals surface area contributed by atoms with Crippen LogP contribution in [0, 0.1) is 6.92 Å². The third-order valence-electron chi connectivity index (χ3n) is 5.79. The zero-order chi connectivity index (χ0) is 22.0. The van der Waals surface area contributed by atoms with Gasteiger partial charge in [-0.15, -0.1) is 0 Å². The Morgan fingerprint density at radius 3 is 2.87 bits per heavy atom. The lowest BCUT2D eigenvalue weighted by Gasteiger charge is -2.23. The fourth-order valence-electron chi connectivity index (χ4n) is 4.12. The van der Waals surface area contributed by atoms with Crippen molar-refractivity contribution < 1.29 is 19.0 Å². The Labute approximate surface area is 180 Å². The van der Waals surface area contributed by atoms with Gasteiger partial charge in [0.15, 0.2) is 0 Å². The van der Waals surface area contributed by atoms with Crippen molar-refractivity contribution in [3.05, 3.63) is 45.9 Å². The average Bonchev–Trinajstić information content (AvgIpc) is 2.77. The molecule has 4 heterocycles. The second-order valence-corrected chi connectivity index (χ2v) is 8.01. The van der Waals surface area contributed by atoms with Crippen LogP contribution in [0.15, 0.2) is 29.2 Å². The normalized spacial score (nSPS) is 14.9. The van der Waals surface area contributed by atoms with E-state index >= 15 is 0 Å². The lowest BCUT2D eigenvalue weighted by atomic mass is 10.1. The molecule has 1 amide bonds. The zero-order valence-electron chi connectivity index (χ0n) is 18.1. The summed E-state index contributed by atoms with van der Waals surface area (Å²) in [6, 6.07) is 5.32. The van der Waals surface area contributed by atoms with Gasteiger partial charge in [-0.3, -0.25) is 14.0 Å². The quantitative estimate of drug-likeness (QED) is 0.349. The smallest absolute Gasteiger partial charge is 0.278 e. The molecule has 0 radical (unpaired) electrons. The number of carbonyl (C=O) groups excluding carboxylic acids is 1. The Morgan fingerprint density at radius 2 is 2.13 bits per heavy atom. The van der Waals surface area contributed by atoms with Crippen molar-refractivity contribution in [2.45, 2.75) is 26.8 Å². The molecule has 0 atom stereocenters. The summed E-state index contributed by atoms with van der Waals surface area (Å²) in [5.41, 5.74) is 8.57. The highest BCUT2D eigenvalue weighted by Crippen LogP contribution is 2.15. The number of aryl methyl sites for hydroxylation is 2. The maximum absolute atomic E-state index is 13.3. The SMILES string of the molecule is CCNC(=O)c1cc2c(=O)n3cc(C)ccc3nc2[n+](CCC[NH+]2CCOCC2)c1N. The predicted molar refractivity (Wildman–Crippen MR) is 117 cm³/mol. The van der Waals surface area contributed by atoms with Crippen molar-refractivity contribution in [1.82, 2.24) is 14.7 Å². The maximum atomic E-state index is 13.3. The largest absolute Gasteiger partial charge is 0.370 e. The third kappa shape index (κ3) is 4.24. The number of nitrogens with one attached hydrogen (secondary N) is 2. The van der Waals surface area contributed by atoms with E-state index in [1.165, 1.54) is 9.30 Å². The molecule has 31 heavy (non-hydrogen) atoms. The lowest BCUT2D eigenvalue weighted by Crippen LogP contribution is -3.14. The molecular weight excluding hydrogens is 396 g/mol. The first kappa shape index (κ1) is 21.2. The van der Waals surface area contributed by atoms with Crippen LogP contribution < -0.4 is 26.1 Å². The molecule has 0 unspecified atom stereocenters. The highest BCUT2D eigenvalue weighted by Gasteiger charge is 2.24. The number of ether oxygens (including phenoxy) is 1. The minimum Gasteiger partial charge on any atom is -0.370 e. The molecular formula is C22H30N6O3+2. The standard InChI is InChI=1S/C22H28N6O3/c1-3-24-21(29)16-13-17-20(25-18-6-5-15(2)14-28(18)22(17)30)27(19(16)23)8-4-7-26-9-11-31-12-10-26/h5-6,13-14,23H,3-4,7-12H2,1-2H3,(H,24,29)/p+2. The number of pyridine rings is 2. The number of morpholine rings is 1. The maximum Gasteiger partial charge on any atom is 0.278 e. The van der Waals surface area contributed by atoms with E-state index in [9.17, 15) is 9.59 Å². The number of hydrogen-bond donors (Lipinski definition) is 3. The Balaban J connectivity index is 1.81. The summed E-state index contributed by atoms with van der Waals surface area (Å²) in [7, 11) is 0. The first-order valence-corrected chi connectivity index (χ1v) is 10.8. The third-order valence-corrected chi connectivity index (χ3v) is 5.79. The number of nitrogens with zero attached hydrogens (tertiary/aromatic N) is 3. The van der Waals surface area contributed by atoms with Crippen molar-refractivity contribution in [2.75, 3.05) is 45.1 Å². The van der Waals surface area contributed by atoms with Gasteiger partial charge in [-0.1, -0.05) is 11.1 Å². The van der Waals surface area contributed by atoms with Gasteiger partial charge >= 0.3 is 0 Å². The monoisotopic (exact) mass is 426 g/mol. The number of rotatable bonds is 6. The molecule has 1 fully saturated rings. The highest BCUT2D eigenvalue weighted by molar-refractivity contribution is 6.00. The number of anilines is 1. The lowest BCUT2D eigenvalue weighted by molar-refractivity contribution is -0.910. The molecule has 0 aliphatic carbocycles. The molecule has 164 valence electrons. The number of aromatic nitrogens is 3. The van der Waals surface area contributed by atoms with E-state index < -0.39 is 0 Å². The Kier molecular flexibility index (Phi) is 6.15. The van der Waals surface area contributed by atoms with Crippen molar-refractivity contribution in [3.8, 4) is 0 Å². The molecule has 9 heteroatoms. The molecule has 3 aromatic rings. The van der Waals surface area contributed by atoms with Crippen LogP contribution in [0.3, 0.4) is 0 Å². The van der Waals surface area contributed by atoms with Crippen molar-refractivity contribution in [3.63, 3.8) is 0 Å². The molecule has 0 aromatic carbocycles. The van der Waals surface area contributed by atoms with Crippen LogP contribution in [0.2, 0.25) is 0 Å². The summed E-state index contributed by atoms with van der Waals surface area (Å²) in [6.45, 7) is 9.34. The molecule has 3 aromatic heterocycles. The zero-order valence-corrected chi connectivity index (χ0v) is 18.1. The van der Waals surface area contributed by atoms with Crippen LogP contribution in [0.1, 0.15) is 29.3 Å². The minimum absolute atomic E-state index is 0.207. The van der Waals surface area contributed by atoms with Gasteiger partial charge in [-0.25, -0.2) is 4.57 Å². The summed E-state index contributed by atoms with van der Waals surface area (Å²) in [6.07, 6.45) is 2.62. The molecule has 1 aliphatic rings. The van der Waals surface area contributed by atoms with Gasteiger partial charge in [0.1, 0.15) is 24.0 Å². The van der Waals surface area contributed by atoms with E-state index in [0.717, 1.165) is 44.8 Å². The van der Waals surface area contributed by atoms with E-state index in [-0.39, 0.29) is 11.5 Å². The number of quaternary nitrogens is 1. The summed E-state index contributed by atoms with van der Waals surface area (Å²) in [5.74, 6) is 0.0435. The van der Waals surface area contributed by atoms with E-state index in [1.54, 1.807) is 12.3 Å². The van der Waals surface area contributed by atoms with Crippen LogP contribution in [0.25, 0.3) is 16.7 Å². The van der Waals surface area contributed by atoms with Crippen molar-refractivity contribution in [2.24, 2.45) is 0 Å². The van der Waals surface area contributed by atoms with Crippen LogP contribution in [0.5, 0.6) is 0 Å². The first-order chi connectivity index (χ1) is 15.0. The number of carbonyl (C=O) groups is 1. The van der Waals surface area contributed by atoms with Gasteiger partial charge in [0.2, 0.25) is 11.5 Å². The highest BCUT2D eigenvalue weighted by atomic mass is 16.5. The predicted octanol–water partition coefficient (Wildman–Crippen LogP) is -0.919. The summed E-state index contributed by atoms with van der Waals surface area (Å²) < 4.78 is 8.78. The van der Waals surface area contributed by atoms with Crippen LogP contribution in [-0.2, 0) is 11.3 Å². The van der Waals surface area contributed by atoms with E-state index in [4.69, 9.17) is 15.5 Å². The molecule has 0 saturated carbocycles. The summed E-state index contributed by atoms with van der Waals surface area (Å²) in [4.78, 5) is 32.2. The van der Waals surface area contributed by atoms with E-state index in [0.29, 0.717) is 41.2 Å². The Morgan fingerprint density at radius 1 is 1.35 bits per heavy atom. The Bertz CT molecular complexity index is 1180. The first-order valence-electron chi connectivity index (χ1n) is 10.8. The second-order valence-electron chi connectivity index (χ2n) is 8.01. The van der Waals surface area contributed by atoms with E-state index in [2.05, 4.69) is 5.32 Å². The molecule has 9 nitrogen and oxygen atoms in total. The molecule has 1 aliphatic heterocycles. The summed E-state index contributed by atoms with van der Waals surface area (Å²) in [5, 5.41) is 3.17. The van der Waals surface area contributed by atoms with Crippen LogP contribution >= 0.6 is 0 Å². The fourth-order valence-corrected chi connectivity index (χ4v) is 4.12. The number of amides is 1. The van der Waals surface area contributed by atoms with Gasteiger partial charge in [0, 0.05) is 19.2 Å². The molecule has 0 spiro atoms. The van der Waals surface area contributed by atoms with Crippen molar-refractivity contribution >= 4 is 28.4 Å². The molecule has 4 N–H and O–H groups in total. The molecule has 1 saturated heterocycles. The van der Waals surface area contributed by atoms with Gasteiger partial charge in [0.05, 0.1) is 26.3 Å². The minimum atomic E-state index is -0.289. The average molecular weight is 427 g/mol. The number of nitrogen functional groups attached to an aromatic ring is 1. The van der Waals surface area contributed by atoms with Gasteiger partial charge < -0.3 is 20.7 Å². The van der Waals surface area contributed by atoms with Gasteiger partial charge in [0.25, 0.3) is 17.1 Å². The topological polar surface area (TPSA) is 107 Å². The molecule has 0 bridgehead atoms. The Hall–Kier alpha value is -3.04. The van der Waals surface area contributed by atoms with Gasteiger partial charge in [-0.2, -0.15) is 0 Å². The fraction of sp³-hybridized carbons (Fsp3) is 0.455. The van der Waals surface area contributed by atoms with E-state index in [1.807, 2.05) is 30.5 Å². The van der Waals surface area contributed by atoms with Crippen LogP contribution in [0.4, 0.5) is 5.82 Å². The number of hydrogen-bond acceptors (Lipinski definition) is 5. The number of nitrogens with two attached hydrogens (primary N) is 1. The van der Waals surface area contributed by atoms with Crippen LogP contribution in [-0.4, -0.2) is 54.7 Å². The second kappa shape index (κ2) is 8.99.